The summed E-state index contributed by atoms with van der Waals surface area (Å²) in [7, 11) is 1.67. The van der Waals surface area contributed by atoms with Gasteiger partial charge in [0.05, 0.1) is 7.11 Å². The zero-order chi connectivity index (χ0) is 21.6. The van der Waals surface area contributed by atoms with Crippen LogP contribution >= 0.6 is 0 Å². The third kappa shape index (κ3) is 4.59. The van der Waals surface area contributed by atoms with Gasteiger partial charge in [-0.3, -0.25) is 0 Å². The van der Waals surface area contributed by atoms with E-state index < -0.39 is 0 Å². The maximum Gasteiger partial charge on any atom is 0.143 e. The average Bonchev–Trinajstić information content (AvgIpc) is 3.21. The third-order valence-corrected chi connectivity index (χ3v) is 5.65. The van der Waals surface area contributed by atoms with Crippen molar-refractivity contribution in [3.63, 3.8) is 0 Å². The molecule has 3 aromatic carbocycles. The molecule has 0 radical (unpaired) electrons. The van der Waals surface area contributed by atoms with Crippen molar-refractivity contribution in [1.29, 1.82) is 0 Å². The number of benzene rings is 3. The summed E-state index contributed by atoms with van der Waals surface area (Å²) in [6.45, 7) is 8.05. The maximum absolute atomic E-state index is 6.31. The highest BCUT2D eigenvalue weighted by atomic mass is 16.5. The summed E-state index contributed by atoms with van der Waals surface area (Å²) < 4.78 is 17.7. The molecule has 0 saturated heterocycles. The lowest BCUT2D eigenvalue weighted by atomic mass is 9.98. The average molecular weight is 416 g/mol. The van der Waals surface area contributed by atoms with Gasteiger partial charge >= 0.3 is 0 Å². The summed E-state index contributed by atoms with van der Waals surface area (Å²) in [5, 5.41) is 1.06. The highest BCUT2D eigenvalue weighted by Crippen LogP contribution is 2.42. The van der Waals surface area contributed by atoms with Gasteiger partial charge in [-0.2, -0.15) is 0 Å². The summed E-state index contributed by atoms with van der Waals surface area (Å²) >= 11 is 0. The van der Waals surface area contributed by atoms with Gasteiger partial charge in [0.15, 0.2) is 0 Å². The Kier molecular flexibility index (Phi) is 6.58. The van der Waals surface area contributed by atoms with Crippen molar-refractivity contribution in [2.24, 2.45) is 0 Å². The SMILES string of the molecule is CCN(CC)CCOc1ccc(-c2c(-c3ccccc3)oc3cc(OC)ccc23)cc1. The van der Waals surface area contributed by atoms with Crippen molar-refractivity contribution >= 4 is 11.0 Å². The fourth-order valence-corrected chi connectivity index (χ4v) is 3.83. The van der Waals surface area contributed by atoms with Gasteiger partial charge in [0, 0.05) is 29.1 Å². The van der Waals surface area contributed by atoms with Crippen LogP contribution in [0.25, 0.3) is 33.4 Å². The van der Waals surface area contributed by atoms with Crippen LogP contribution in [0.15, 0.2) is 77.2 Å². The molecule has 0 aliphatic rings. The van der Waals surface area contributed by atoms with Gasteiger partial charge < -0.3 is 18.8 Å². The zero-order valence-corrected chi connectivity index (χ0v) is 18.4. The van der Waals surface area contributed by atoms with Crippen molar-refractivity contribution in [2.45, 2.75) is 13.8 Å². The molecule has 0 aliphatic carbocycles. The van der Waals surface area contributed by atoms with Gasteiger partial charge in [0.1, 0.15) is 29.4 Å². The fraction of sp³-hybridized carbons (Fsp3) is 0.259. The molecule has 31 heavy (non-hydrogen) atoms. The Balaban J connectivity index is 1.66. The summed E-state index contributed by atoms with van der Waals surface area (Å²) in [5.41, 5.74) is 4.04. The summed E-state index contributed by atoms with van der Waals surface area (Å²) in [6.07, 6.45) is 0. The van der Waals surface area contributed by atoms with Gasteiger partial charge in [0.2, 0.25) is 0 Å². The quantitative estimate of drug-likeness (QED) is 0.313. The zero-order valence-electron chi connectivity index (χ0n) is 18.4. The van der Waals surface area contributed by atoms with E-state index in [4.69, 9.17) is 13.9 Å². The van der Waals surface area contributed by atoms with Crippen molar-refractivity contribution < 1.29 is 13.9 Å². The molecule has 0 amide bonds. The molecule has 1 aromatic heterocycles. The number of hydrogen-bond acceptors (Lipinski definition) is 4. The molecule has 0 atom stereocenters. The van der Waals surface area contributed by atoms with Crippen molar-refractivity contribution in [3.05, 3.63) is 72.8 Å². The number of rotatable bonds is 9. The van der Waals surface area contributed by atoms with Crippen molar-refractivity contribution in [1.82, 2.24) is 4.90 Å². The lowest BCUT2D eigenvalue weighted by Crippen LogP contribution is -2.27. The molecule has 160 valence electrons. The normalized spacial score (nSPS) is 11.2. The van der Waals surface area contributed by atoms with Gasteiger partial charge in [-0.25, -0.2) is 0 Å². The molecule has 0 fully saturated rings. The molecular weight excluding hydrogens is 386 g/mol. The van der Waals surface area contributed by atoms with E-state index in [1.54, 1.807) is 7.11 Å². The van der Waals surface area contributed by atoms with Crippen LogP contribution in [0.5, 0.6) is 11.5 Å². The first-order chi connectivity index (χ1) is 15.2. The van der Waals surface area contributed by atoms with E-state index in [-0.39, 0.29) is 0 Å². The van der Waals surface area contributed by atoms with Crippen LogP contribution in [-0.4, -0.2) is 38.3 Å². The monoisotopic (exact) mass is 415 g/mol. The molecule has 4 rings (SSSR count). The van der Waals surface area contributed by atoms with E-state index in [9.17, 15) is 0 Å². The molecule has 0 spiro atoms. The Bertz CT molecular complexity index is 1110. The van der Waals surface area contributed by atoms with Gasteiger partial charge in [-0.15, -0.1) is 0 Å². The Labute approximate surface area is 184 Å². The molecule has 4 aromatic rings. The van der Waals surface area contributed by atoms with Crippen LogP contribution in [0.2, 0.25) is 0 Å². The largest absolute Gasteiger partial charge is 0.497 e. The van der Waals surface area contributed by atoms with Crippen molar-refractivity contribution in [2.75, 3.05) is 33.4 Å². The first kappa shape index (κ1) is 21.0. The second kappa shape index (κ2) is 9.71. The molecule has 1 heterocycles. The standard InChI is InChI=1S/C27H29NO3/c1-4-28(5-2)17-18-30-22-13-11-20(12-14-22)26-24-16-15-23(29-3)19-25(24)31-27(26)21-9-7-6-8-10-21/h6-16,19H,4-5,17-18H2,1-3H3. The number of ether oxygens (including phenoxy) is 2. The van der Waals surface area contributed by atoms with Crippen molar-refractivity contribution in [3.8, 4) is 33.9 Å². The number of fused-ring (bicyclic) bond motifs is 1. The van der Waals surface area contributed by atoms with Crippen LogP contribution in [-0.2, 0) is 0 Å². The van der Waals surface area contributed by atoms with Crippen LogP contribution in [0.3, 0.4) is 0 Å². The number of methoxy groups -OCH3 is 1. The molecular formula is C27H29NO3. The number of likely N-dealkylation sites (N-methyl/N-ethyl adjacent to an activating group) is 1. The Morgan fingerprint density at radius 2 is 1.52 bits per heavy atom. The van der Waals surface area contributed by atoms with E-state index >= 15 is 0 Å². The lowest BCUT2D eigenvalue weighted by molar-refractivity contribution is 0.223. The van der Waals surface area contributed by atoms with E-state index in [1.807, 2.05) is 42.5 Å². The lowest BCUT2D eigenvalue weighted by Gasteiger charge is -2.18. The molecule has 4 nitrogen and oxygen atoms in total. The van der Waals surface area contributed by atoms with Crippen LogP contribution in [0.1, 0.15) is 13.8 Å². The van der Waals surface area contributed by atoms with Gasteiger partial charge in [-0.05, 0) is 42.9 Å². The van der Waals surface area contributed by atoms with E-state index in [0.717, 1.165) is 64.6 Å². The topological polar surface area (TPSA) is 34.8 Å². The first-order valence-electron chi connectivity index (χ1n) is 10.8. The Hall–Kier alpha value is -3.24. The third-order valence-electron chi connectivity index (χ3n) is 5.65. The Morgan fingerprint density at radius 3 is 2.19 bits per heavy atom. The van der Waals surface area contributed by atoms with Gasteiger partial charge in [0.25, 0.3) is 0 Å². The number of hydrogen-bond donors (Lipinski definition) is 0. The van der Waals surface area contributed by atoms with E-state index in [1.165, 1.54) is 0 Å². The molecule has 0 unspecified atom stereocenters. The highest BCUT2D eigenvalue weighted by Gasteiger charge is 2.18. The maximum atomic E-state index is 6.31. The highest BCUT2D eigenvalue weighted by molar-refractivity contribution is 6.02. The minimum Gasteiger partial charge on any atom is -0.497 e. The summed E-state index contributed by atoms with van der Waals surface area (Å²) in [6, 6.07) is 24.5. The minimum absolute atomic E-state index is 0.685. The number of furan rings is 1. The minimum atomic E-state index is 0.685. The number of nitrogens with zero attached hydrogens (tertiary/aromatic N) is 1. The van der Waals surface area contributed by atoms with Crippen LogP contribution < -0.4 is 9.47 Å². The molecule has 0 N–H and O–H groups in total. The van der Waals surface area contributed by atoms with Gasteiger partial charge in [-0.1, -0.05) is 56.3 Å². The molecule has 4 heteroatoms. The van der Waals surface area contributed by atoms with Crippen LogP contribution in [0.4, 0.5) is 0 Å². The second-order valence-electron chi connectivity index (χ2n) is 7.43. The molecule has 0 aliphatic heterocycles. The van der Waals surface area contributed by atoms with E-state index in [2.05, 4.69) is 49.1 Å². The summed E-state index contributed by atoms with van der Waals surface area (Å²) in [4.78, 5) is 2.35. The molecule has 0 bridgehead atoms. The predicted molar refractivity (Wildman–Crippen MR) is 127 cm³/mol. The van der Waals surface area contributed by atoms with Crippen LogP contribution in [0, 0.1) is 0 Å². The fourth-order valence-electron chi connectivity index (χ4n) is 3.83. The smallest absolute Gasteiger partial charge is 0.143 e. The second-order valence-corrected chi connectivity index (χ2v) is 7.43. The Morgan fingerprint density at radius 1 is 0.806 bits per heavy atom. The molecule has 0 saturated carbocycles. The first-order valence-corrected chi connectivity index (χ1v) is 10.8. The predicted octanol–water partition coefficient (Wildman–Crippen LogP) is 6.50. The van der Waals surface area contributed by atoms with E-state index in [0.29, 0.717) is 6.61 Å². The summed E-state index contributed by atoms with van der Waals surface area (Å²) in [5.74, 6) is 2.52.